The molecule has 4 nitrogen and oxygen atoms in total. The molecule has 2 aromatic rings. The summed E-state index contributed by atoms with van der Waals surface area (Å²) in [4.78, 5) is 14.6. The average Bonchev–Trinajstić information content (AvgIpc) is 2.72. The van der Waals surface area contributed by atoms with Crippen molar-refractivity contribution in [3.63, 3.8) is 0 Å². The summed E-state index contributed by atoms with van der Waals surface area (Å²) in [6.07, 6.45) is -0.978. The van der Waals surface area contributed by atoms with Gasteiger partial charge in [-0.25, -0.2) is 0 Å². The highest BCUT2D eigenvalue weighted by molar-refractivity contribution is 5.78. The number of rotatable bonds is 2. The third-order valence-electron chi connectivity index (χ3n) is 5.22. The quantitative estimate of drug-likeness (QED) is 0.888. The first-order valence-corrected chi connectivity index (χ1v) is 8.42. The number of carbonyl (C=O) groups excluding carboxylic acids is 1. The number of nitrogens with zero attached hydrogens (tertiary/aromatic N) is 1. The van der Waals surface area contributed by atoms with Gasteiger partial charge in [0.2, 0.25) is 5.91 Å². The van der Waals surface area contributed by atoms with E-state index in [4.69, 9.17) is 0 Å². The van der Waals surface area contributed by atoms with Crippen molar-refractivity contribution >= 4 is 5.91 Å². The molecule has 0 fully saturated rings. The highest BCUT2D eigenvalue weighted by atomic mass is 16.3. The molecule has 0 aromatic heterocycles. The predicted molar refractivity (Wildman–Crippen MR) is 90.2 cm³/mol. The van der Waals surface area contributed by atoms with Crippen molar-refractivity contribution in [2.75, 3.05) is 0 Å². The Labute approximate surface area is 141 Å². The lowest BCUT2D eigenvalue weighted by Crippen LogP contribution is -2.39. The molecular weight excluding hydrogens is 302 g/mol. The first-order chi connectivity index (χ1) is 11.6. The van der Waals surface area contributed by atoms with E-state index in [1.165, 1.54) is 0 Å². The van der Waals surface area contributed by atoms with Gasteiger partial charge in [-0.1, -0.05) is 48.5 Å². The predicted octanol–water partition coefficient (Wildman–Crippen LogP) is 1.98. The largest absolute Gasteiger partial charge is 0.390 e. The van der Waals surface area contributed by atoms with Crippen molar-refractivity contribution < 1.29 is 15.0 Å². The maximum absolute atomic E-state index is 12.8. The van der Waals surface area contributed by atoms with Crippen LogP contribution in [0.2, 0.25) is 0 Å². The summed E-state index contributed by atoms with van der Waals surface area (Å²) < 4.78 is 0. The van der Waals surface area contributed by atoms with Crippen LogP contribution in [0.4, 0.5) is 0 Å². The van der Waals surface area contributed by atoms with Crippen molar-refractivity contribution in [3.8, 4) is 0 Å². The topological polar surface area (TPSA) is 60.8 Å². The fourth-order valence-electron chi connectivity index (χ4n) is 4.03. The Bertz CT molecular complexity index is 759. The summed E-state index contributed by atoms with van der Waals surface area (Å²) in [5.41, 5.74) is 4.31. The van der Waals surface area contributed by atoms with Crippen LogP contribution >= 0.6 is 0 Å². The fourth-order valence-corrected chi connectivity index (χ4v) is 4.03. The van der Waals surface area contributed by atoms with Crippen LogP contribution in [0.3, 0.4) is 0 Å². The number of aliphatic hydroxyl groups excluding tert-OH is 2. The molecule has 0 saturated heterocycles. The Hall–Kier alpha value is -2.17. The Kier molecular flexibility index (Phi) is 3.87. The second kappa shape index (κ2) is 6.04. The molecule has 0 saturated carbocycles. The lowest BCUT2D eigenvalue weighted by Gasteiger charge is -2.33. The van der Waals surface area contributed by atoms with Gasteiger partial charge >= 0.3 is 0 Å². The molecule has 24 heavy (non-hydrogen) atoms. The molecule has 0 spiro atoms. The maximum atomic E-state index is 12.8. The monoisotopic (exact) mass is 323 g/mol. The number of hydrogen-bond donors (Lipinski definition) is 2. The molecule has 4 heteroatoms. The molecule has 4 rings (SSSR count). The number of carbonyl (C=O) groups is 1. The van der Waals surface area contributed by atoms with Gasteiger partial charge in [0.1, 0.15) is 0 Å². The highest BCUT2D eigenvalue weighted by Crippen LogP contribution is 2.39. The molecule has 0 radical (unpaired) electrons. The minimum atomic E-state index is -0.876. The van der Waals surface area contributed by atoms with E-state index in [0.717, 1.165) is 22.3 Å². The molecule has 1 amide bonds. The second-order valence-corrected chi connectivity index (χ2v) is 6.80. The lowest BCUT2D eigenvalue weighted by molar-refractivity contribution is -0.133. The van der Waals surface area contributed by atoms with Crippen molar-refractivity contribution in [2.45, 2.75) is 44.1 Å². The summed E-state index contributed by atoms with van der Waals surface area (Å²) in [6.45, 7) is 1.12. The Morgan fingerprint density at radius 2 is 1.71 bits per heavy atom. The standard InChI is InChI=1S/C20H21NO3/c22-17-9-14-7-4-8-15-12-21(11-13-5-2-1-3-6-13)18(23)10-16(19(14)15)20(17)24/h1-8,16-17,20,22,24H,9-12H2. The molecule has 0 bridgehead atoms. The van der Waals surface area contributed by atoms with Crippen molar-refractivity contribution in [1.82, 2.24) is 4.90 Å². The molecule has 124 valence electrons. The van der Waals surface area contributed by atoms with Crippen LogP contribution < -0.4 is 0 Å². The molecule has 3 unspecified atom stereocenters. The Morgan fingerprint density at radius 3 is 2.50 bits per heavy atom. The minimum absolute atomic E-state index is 0.0270. The highest BCUT2D eigenvalue weighted by Gasteiger charge is 2.40. The van der Waals surface area contributed by atoms with Crippen molar-refractivity contribution in [3.05, 3.63) is 70.8 Å². The van der Waals surface area contributed by atoms with E-state index in [9.17, 15) is 15.0 Å². The lowest BCUT2D eigenvalue weighted by atomic mass is 9.76. The van der Waals surface area contributed by atoms with Gasteiger partial charge in [0.25, 0.3) is 0 Å². The third-order valence-corrected chi connectivity index (χ3v) is 5.22. The number of benzene rings is 2. The molecule has 2 aromatic carbocycles. The first kappa shape index (κ1) is 15.4. The van der Waals surface area contributed by atoms with Crippen LogP contribution in [-0.4, -0.2) is 33.2 Å². The van der Waals surface area contributed by atoms with Crippen LogP contribution in [-0.2, 0) is 24.3 Å². The molecule has 2 N–H and O–H groups in total. The van der Waals surface area contributed by atoms with Gasteiger partial charge in [-0.15, -0.1) is 0 Å². The third kappa shape index (κ3) is 2.62. The summed E-state index contributed by atoms with van der Waals surface area (Å²) in [7, 11) is 0. The van der Waals surface area contributed by atoms with Gasteiger partial charge in [-0.2, -0.15) is 0 Å². The van der Waals surface area contributed by atoms with Gasteiger partial charge in [0.15, 0.2) is 0 Å². The zero-order valence-electron chi connectivity index (χ0n) is 13.4. The molecule has 1 aliphatic heterocycles. The van der Waals surface area contributed by atoms with Gasteiger partial charge in [0, 0.05) is 31.8 Å². The number of hydrogen-bond acceptors (Lipinski definition) is 3. The van der Waals surface area contributed by atoms with Crippen molar-refractivity contribution in [2.24, 2.45) is 0 Å². The summed E-state index contributed by atoms with van der Waals surface area (Å²) in [5.74, 6) is -0.285. The smallest absolute Gasteiger partial charge is 0.223 e. The van der Waals surface area contributed by atoms with E-state index >= 15 is 0 Å². The van der Waals surface area contributed by atoms with E-state index in [-0.39, 0.29) is 18.2 Å². The van der Waals surface area contributed by atoms with E-state index in [0.29, 0.717) is 19.5 Å². The fraction of sp³-hybridized carbons (Fsp3) is 0.350. The maximum Gasteiger partial charge on any atom is 0.223 e. The number of aliphatic hydroxyl groups is 2. The van der Waals surface area contributed by atoms with Crippen LogP contribution in [0.15, 0.2) is 48.5 Å². The van der Waals surface area contributed by atoms with Crippen LogP contribution in [0.25, 0.3) is 0 Å². The van der Waals surface area contributed by atoms with Crippen LogP contribution in [0.1, 0.15) is 34.6 Å². The summed E-state index contributed by atoms with van der Waals surface area (Å²) >= 11 is 0. The van der Waals surface area contributed by atoms with Gasteiger partial charge in [-0.3, -0.25) is 4.79 Å². The molecule has 2 aliphatic rings. The summed E-state index contributed by atoms with van der Waals surface area (Å²) in [6, 6.07) is 16.0. The van der Waals surface area contributed by atoms with Crippen LogP contribution in [0.5, 0.6) is 0 Å². The number of amides is 1. The van der Waals surface area contributed by atoms with E-state index < -0.39 is 12.2 Å². The molecule has 3 atom stereocenters. The van der Waals surface area contributed by atoms with Gasteiger partial charge in [0.05, 0.1) is 12.2 Å². The van der Waals surface area contributed by atoms with Gasteiger partial charge in [-0.05, 0) is 22.3 Å². The van der Waals surface area contributed by atoms with E-state index in [2.05, 4.69) is 0 Å². The zero-order chi connectivity index (χ0) is 16.7. The van der Waals surface area contributed by atoms with E-state index in [1.54, 1.807) is 0 Å². The average molecular weight is 323 g/mol. The SMILES string of the molecule is O=C1CC2c3c(cccc3CN1Cc1ccccc1)CC(O)C2O. The Balaban J connectivity index is 1.71. The van der Waals surface area contributed by atoms with E-state index in [1.807, 2.05) is 53.4 Å². The van der Waals surface area contributed by atoms with Crippen molar-refractivity contribution in [1.29, 1.82) is 0 Å². The van der Waals surface area contributed by atoms with Crippen LogP contribution in [0, 0.1) is 0 Å². The Morgan fingerprint density at radius 1 is 0.958 bits per heavy atom. The zero-order valence-corrected chi connectivity index (χ0v) is 13.4. The second-order valence-electron chi connectivity index (χ2n) is 6.80. The minimum Gasteiger partial charge on any atom is -0.390 e. The first-order valence-electron chi connectivity index (χ1n) is 8.42. The normalized spacial score (nSPS) is 26.0. The molecular formula is C20H21NO3. The van der Waals surface area contributed by atoms with Gasteiger partial charge < -0.3 is 15.1 Å². The summed E-state index contributed by atoms with van der Waals surface area (Å²) in [5, 5.41) is 20.6. The molecule has 1 heterocycles. The molecule has 1 aliphatic carbocycles.